The topological polar surface area (TPSA) is 116 Å². The van der Waals surface area contributed by atoms with E-state index >= 15 is 0 Å². The zero-order valence-corrected chi connectivity index (χ0v) is 19.6. The summed E-state index contributed by atoms with van der Waals surface area (Å²) in [7, 11) is 1.61. The molecule has 0 spiro atoms. The van der Waals surface area contributed by atoms with Crippen molar-refractivity contribution in [2.45, 2.75) is 45.8 Å². The van der Waals surface area contributed by atoms with Crippen molar-refractivity contribution < 1.29 is 14.3 Å². The average Bonchev–Trinajstić information content (AvgIpc) is 3.06. The Morgan fingerprint density at radius 2 is 2.06 bits per heavy atom. The van der Waals surface area contributed by atoms with Gasteiger partial charge in [0.1, 0.15) is 17.2 Å². The second kappa shape index (κ2) is 9.15. The maximum atomic E-state index is 13.0. The van der Waals surface area contributed by atoms with Crippen LogP contribution in [-0.4, -0.2) is 39.1 Å². The van der Waals surface area contributed by atoms with Crippen LogP contribution >= 0.6 is 15.9 Å². The van der Waals surface area contributed by atoms with Gasteiger partial charge in [0.05, 0.1) is 17.6 Å². The molecular weight excluding hydrogens is 462 g/mol. The van der Waals surface area contributed by atoms with Gasteiger partial charge in [0.25, 0.3) is 0 Å². The zero-order chi connectivity index (χ0) is 22.8. The molecular formula is C22H26BrN5O3. The largest absolute Gasteiger partial charge is 0.443 e. The van der Waals surface area contributed by atoms with Crippen molar-refractivity contribution in [3.63, 3.8) is 0 Å². The van der Waals surface area contributed by atoms with Crippen molar-refractivity contribution in [1.29, 1.82) is 5.41 Å². The number of fused-ring (bicyclic) bond motifs is 1. The third kappa shape index (κ3) is 5.29. The third-order valence-corrected chi connectivity index (χ3v) is 4.96. The number of imidazole rings is 1. The minimum atomic E-state index is -0.655. The Balaban J connectivity index is 1.99. The van der Waals surface area contributed by atoms with E-state index in [1.807, 2.05) is 39.0 Å². The van der Waals surface area contributed by atoms with Crippen LogP contribution in [-0.2, 0) is 22.5 Å². The number of anilines is 1. The summed E-state index contributed by atoms with van der Waals surface area (Å²) < 4.78 is 13.1. The summed E-state index contributed by atoms with van der Waals surface area (Å²) in [6, 6.07) is 7.37. The number of methoxy groups -OCH3 is 1. The highest BCUT2D eigenvalue weighted by atomic mass is 79.9. The number of para-hydroxylation sites is 1. The second-order valence-electron chi connectivity index (χ2n) is 8.13. The summed E-state index contributed by atoms with van der Waals surface area (Å²) in [6.45, 7) is 5.83. The van der Waals surface area contributed by atoms with Crippen LogP contribution in [0.15, 0.2) is 34.9 Å². The van der Waals surface area contributed by atoms with Crippen LogP contribution in [0.4, 0.5) is 10.6 Å². The molecule has 31 heavy (non-hydrogen) atoms. The van der Waals surface area contributed by atoms with Gasteiger partial charge in [0.2, 0.25) is 0 Å². The lowest BCUT2D eigenvalue weighted by Crippen LogP contribution is -2.28. The molecule has 0 atom stereocenters. The van der Waals surface area contributed by atoms with Gasteiger partial charge in [-0.3, -0.25) is 0 Å². The van der Waals surface area contributed by atoms with E-state index in [0.717, 1.165) is 10.0 Å². The van der Waals surface area contributed by atoms with E-state index in [1.54, 1.807) is 19.4 Å². The summed E-state index contributed by atoms with van der Waals surface area (Å²) in [4.78, 5) is 21.8. The monoisotopic (exact) mass is 487 g/mol. The molecule has 0 saturated heterocycles. The number of rotatable bonds is 6. The van der Waals surface area contributed by atoms with Gasteiger partial charge in [0, 0.05) is 41.0 Å². The van der Waals surface area contributed by atoms with Gasteiger partial charge in [0.15, 0.2) is 0 Å². The molecule has 0 amide bonds. The number of benzene rings is 1. The summed E-state index contributed by atoms with van der Waals surface area (Å²) in [5, 5.41) is 8.47. The number of hydrogen-bond acceptors (Lipinski definition) is 7. The number of hydrogen-bond donors (Lipinski definition) is 2. The number of halogens is 1. The summed E-state index contributed by atoms with van der Waals surface area (Å²) in [5.41, 5.74) is 8.35. The Kier molecular flexibility index (Phi) is 6.76. The SMILES string of the molecule is COCc1cccc2c1nc(CCC(=N)c1cc(Br)cnc1N)n2C(=O)OC(C)(C)C. The van der Waals surface area contributed by atoms with E-state index in [2.05, 4.69) is 20.9 Å². The Bertz CT molecular complexity index is 1130. The molecule has 0 aliphatic carbocycles. The van der Waals surface area contributed by atoms with Crippen molar-refractivity contribution >= 4 is 44.6 Å². The highest BCUT2D eigenvalue weighted by Gasteiger charge is 2.24. The standard InChI is InChI=1S/C22H26BrN5O3/c1-22(2,3)31-21(29)28-17-7-5-6-13(12-30-4)19(17)27-18(28)9-8-16(24)15-10-14(23)11-26-20(15)25/h5-7,10-11,24H,8-9,12H2,1-4H3,(H2,25,26). The molecule has 164 valence electrons. The lowest BCUT2D eigenvalue weighted by molar-refractivity contribution is 0.0539. The Labute approximate surface area is 189 Å². The first-order valence-corrected chi connectivity index (χ1v) is 10.6. The highest BCUT2D eigenvalue weighted by molar-refractivity contribution is 9.10. The van der Waals surface area contributed by atoms with E-state index in [1.165, 1.54) is 4.57 Å². The van der Waals surface area contributed by atoms with Crippen LogP contribution < -0.4 is 5.73 Å². The number of nitrogens with zero attached hydrogens (tertiary/aromatic N) is 3. The van der Waals surface area contributed by atoms with Crippen LogP contribution in [0, 0.1) is 5.41 Å². The average molecular weight is 488 g/mol. The van der Waals surface area contributed by atoms with Gasteiger partial charge < -0.3 is 20.6 Å². The number of nitrogen functional groups attached to an aromatic ring is 1. The number of nitrogens with one attached hydrogen (secondary N) is 1. The van der Waals surface area contributed by atoms with Crippen molar-refractivity contribution in [3.05, 3.63) is 51.9 Å². The van der Waals surface area contributed by atoms with Crippen LogP contribution in [0.3, 0.4) is 0 Å². The first-order valence-electron chi connectivity index (χ1n) is 9.81. The number of nitrogens with two attached hydrogens (primary N) is 1. The number of carbonyl (C=O) groups is 1. The molecule has 8 nitrogen and oxygen atoms in total. The molecule has 0 unspecified atom stereocenters. The maximum Gasteiger partial charge on any atom is 0.420 e. The number of pyridine rings is 1. The molecule has 3 N–H and O–H groups in total. The van der Waals surface area contributed by atoms with Gasteiger partial charge in [-0.15, -0.1) is 0 Å². The molecule has 0 aliphatic rings. The lowest BCUT2D eigenvalue weighted by Gasteiger charge is -2.20. The molecule has 2 heterocycles. The van der Waals surface area contributed by atoms with E-state index in [9.17, 15) is 4.79 Å². The number of ether oxygens (including phenoxy) is 2. The molecule has 0 saturated carbocycles. The van der Waals surface area contributed by atoms with Crippen LogP contribution in [0.1, 0.15) is 44.1 Å². The first-order chi connectivity index (χ1) is 14.6. The number of aryl methyl sites for hydroxylation is 1. The smallest absolute Gasteiger partial charge is 0.420 e. The summed E-state index contributed by atoms with van der Waals surface area (Å²) >= 11 is 3.36. The minimum Gasteiger partial charge on any atom is -0.443 e. The Hall–Kier alpha value is -2.78. The fourth-order valence-electron chi connectivity index (χ4n) is 3.22. The normalized spacial score (nSPS) is 11.6. The molecule has 1 aromatic carbocycles. The maximum absolute atomic E-state index is 13.0. The predicted octanol–water partition coefficient (Wildman–Crippen LogP) is 4.71. The Morgan fingerprint density at radius 3 is 2.74 bits per heavy atom. The molecule has 3 aromatic rings. The number of aromatic nitrogens is 3. The van der Waals surface area contributed by atoms with Crippen molar-refractivity contribution in [1.82, 2.24) is 14.5 Å². The molecule has 3 rings (SSSR count). The molecule has 0 aliphatic heterocycles. The zero-order valence-electron chi connectivity index (χ0n) is 18.0. The van der Waals surface area contributed by atoms with Crippen molar-refractivity contribution in [3.8, 4) is 0 Å². The Morgan fingerprint density at radius 1 is 1.32 bits per heavy atom. The van der Waals surface area contributed by atoms with Crippen LogP contribution in [0.5, 0.6) is 0 Å². The molecule has 0 fully saturated rings. The van der Waals surface area contributed by atoms with Gasteiger partial charge in [-0.05, 0) is 55.3 Å². The van der Waals surface area contributed by atoms with Gasteiger partial charge in [-0.2, -0.15) is 0 Å². The molecule has 2 aromatic heterocycles. The molecule has 9 heteroatoms. The first kappa shape index (κ1) is 22.9. The van der Waals surface area contributed by atoms with Gasteiger partial charge >= 0.3 is 6.09 Å². The van der Waals surface area contributed by atoms with E-state index < -0.39 is 11.7 Å². The minimum absolute atomic E-state index is 0.288. The van der Waals surface area contributed by atoms with Gasteiger partial charge in [-0.25, -0.2) is 19.3 Å². The van der Waals surface area contributed by atoms with E-state index in [0.29, 0.717) is 47.6 Å². The van der Waals surface area contributed by atoms with Crippen LogP contribution in [0.25, 0.3) is 11.0 Å². The fourth-order valence-corrected chi connectivity index (χ4v) is 3.55. The summed E-state index contributed by atoms with van der Waals surface area (Å²) in [6.07, 6.45) is 1.76. The predicted molar refractivity (Wildman–Crippen MR) is 124 cm³/mol. The van der Waals surface area contributed by atoms with E-state index in [-0.39, 0.29) is 5.82 Å². The van der Waals surface area contributed by atoms with Crippen molar-refractivity contribution in [2.24, 2.45) is 0 Å². The molecule has 0 radical (unpaired) electrons. The second-order valence-corrected chi connectivity index (χ2v) is 9.04. The summed E-state index contributed by atoms with van der Waals surface area (Å²) in [5.74, 6) is 0.801. The lowest BCUT2D eigenvalue weighted by atomic mass is 10.1. The fraction of sp³-hybridized carbons (Fsp3) is 0.364. The van der Waals surface area contributed by atoms with E-state index in [4.69, 9.17) is 25.6 Å². The molecule has 0 bridgehead atoms. The van der Waals surface area contributed by atoms with Gasteiger partial charge in [-0.1, -0.05) is 12.1 Å². The van der Waals surface area contributed by atoms with Crippen molar-refractivity contribution in [2.75, 3.05) is 12.8 Å². The number of carbonyl (C=O) groups excluding carboxylic acids is 1. The quantitative estimate of drug-likeness (QED) is 0.486. The third-order valence-electron chi connectivity index (χ3n) is 4.52. The van der Waals surface area contributed by atoms with Crippen LogP contribution in [0.2, 0.25) is 0 Å². The highest BCUT2D eigenvalue weighted by Crippen LogP contribution is 2.24.